The van der Waals surface area contributed by atoms with Crippen molar-refractivity contribution in [3.63, 3.8) is 0 Å². The normalized spacial score (nSPS) is 13.6. The van der Waals surface area contributed by atoms with Crippen molar-refractivity contribution < 1.29 is 14.3 Å². The minimum absolute atomic E-state index is 0.0320. The summed E-state index contributed by atoms with van der Waals surface area (Å²) >= 11 is 0. The van der Waals surface area contributed by atoms with E-state index in [1.54, 1.807) is 23.1 Å². The maximum Gasteiger partial charge on any atom is 0.265 e. The molecule has 0 N–H and O–H groups in total. The van der Waals surface area contributed by atoms with Gasteiger partial charge in [0.1, 0.15) is 11.6 Å². The van der Waals surface area contributed by atoms with Gasteiger partial charge in [-0.2, -0.15) is 0 Å². The molecule has 3 aromatic rings. The third-order valence-corrected chi connectivity index (χ3v) is 5.16. The number of ether oxygens (including phenoxy) is 1. The van der Waals surface area contributed by atoms with E-state index in [0.29, 0.717) is 30.1 Å². The molecule has 156 valence electrons. The minimum Gasteiger partial charge on any atom is -0.482 e. The van der Waals surface area contributed by atoms with Gasteiger partial charge in [0.15, 0.2) is 12.4 Å². The lowest BCUT2D eigenvalue weighted by molar-refractivity contribution is -0.121. The van der Waals surface area contributed by atoms with Crippen molar-refractivity contribution in [3.8, 4) is 5.75 Å². The first-order valence-electron chi connectivity index (χ1n) is 10.2. The van der Waals surface area contributed by atoms with E-state index in [9.17, 15) is 9.59 Å². The van der Waals surface area contributed by atoms with Gasteiger partial charge in [-0.25, -0.2) is 4.98 Å². The van der Waals surface area contributed by atoms with Crippen LogP contribution in [0.15, 0.2) is 42.5 Å². The van der Waals surface area contributed by atoms with Crippen molar-refractivity contribution in [1.82, 2.24) is 14.5 Å². The fourth-order valence-corrected chi connectivity index (χ4v) is 3.78. The molecule has 1 aliphatic rings. The molecule has 7 heteroatoms. The van der Waals surface area contributed by atoms with E-state index in [0.717, 1.165) is 23.3 Å². The van der Waals surface area contributed by atoms with Gasteiger partial charge in [0.05, 0.1) is 29.8 Å². The van der Waals surface area contributed by atoms with Crippen LogP contribution >= 0.6 is 0 Å². The van der Waals surface area contributed by atoms with Gasteiger partial charge in [-0.05, 0) is 50.8 Å². The first-order valence-corrected chi connectivity index (χ1v) is 10.2. The number of carbonyl (C=O) groups is 2. The molecule has 0 spiro atoms. The van der Waals surface area contributed by atoms with E-state index in [1.165, 1.54) is 0 Å². The van der Waals surface area contributed by atoms with Crippen molar-refractivity contribution in [2.45, 2.75) is 26.4 Å². The lowest BCUT2D eigenvalue weighted by atomic mass is 10.1. The fraction of sp³-hybridized carbons (Fsp3) is 0.348. The van der Waals surface area contributed by atoms with Gasteiger partial charge >= 0.3 is 0 Å². The van der Waals surface area contributed by atoms with E-state index < -0.39 is 0 Å². The Balaban J connectivity index is 1.68. The van der Waals surface area contributed by atoms with E-state index in [4.69, 9.17) is 9.72 Å². The number of amides is 1. The average molecular weight is 406 g/mol. The summed E-state index contributed by atoms with van der Waals surface area (Å²) in [5.41, 5.74) is 3.04. The molecule has 1 aromatic heterocycles. The van der Waals surface area contributed by atoms with Crippen LogP contribution in [0.2, 0.25) is 0 Å². The summed E-state index contributed by atoms with van der Waals surface area (Å²) < 4.78 is 7.52. The Bertz CT molecular complexity index is 1100. The van der Waals surface area contributed by atoms with Crippen LogP contribution in [0.1, 0.15) is 29.5 Å². The fourth-order valence-electron chi connectivity index (χ4n) is 3.78. The van der Waals surface area contributed by atoms with Gasteiger partial charge in [0.25, 0.3) is 5.91 Å². The summed E-state index contributed by atoms with van der Waals surface area (Å²) in [5, 5.41) is 0. The Labute approximate surface area is 175 Å². The molecular weight excluding hydrogens is 380 g/mol. The number of hydrogen-bond acceptors (Lipinski definition) is 5. The quantitative estimate of drug-likeness (QED) is 0.564. The standard InChI is InChI=1S/C23H26N4O3/c1-4-11-26-19-12-16(9-10-21(19)30-15-23(26)29)20(28)13-27-18-8-6-5-7-17(18)24-22(27)14-25(2)3/h5-10,12H,4,11,13-15H2,1-3H3. The van der Waals surface area contributed by atoms with Gasteiger partial charge in [0.2, 0.25) is 0 Å². The zero-order valence-corrected chi connectivity index (χ0v) is 17.6. The van der Waals surface area contributed by atoms with Crippen LogP contribution in [0.5, 0.6) is 5.75 Å². The van der Waals surface area contributed by atoms with Crippen LogP contribution in [0.25, 0.3) is 11.0 Å². The number of carbonyl (C=O) groups excluding carboxylic acids is 2. The molecule has 7 nitrogen and oxygen atoms in total. The highest BCUT2D eigenvalue weighted by Crippen LogP contribution is 2.33. The van der Waals surface area contributed by atoms with Crippen LogP contribution < -0.4 is 9.64 Å². The molecular formula is C23H26N4O3. The molecule has 0 fully saturated rings. The highest BCUT2D eigenvalue weighted by Gasteiger charge is 2.26. The molecule has 30 heavy (non-hydrogen) atoms. The number of hydrogen-bond donors (Lipinski definition) is 0. The topological polar surface area (TPSA) is 67.7 Å². The Kier molecular flexibility index (Phi) is 5.55. The largest absolute Gasteiger partial charge is 0.482 e. The molecule has 0 atom stereocenters. The highest BCUT2D eigenvalue weighted by atomic mass is 16.5. The molecule has 0 aliphatic carbocycles. The van der Waals surface area contributed by atoms with Gasteiger partial charge < -0.3 is 19.1 Å². The number of ketones is 1. The van der Waals surface area contributed by atoms with Gasteiger partial charge in [-0.15, -0.1) is 0 Å². The number of imidazole rings is 1. The monoisotopic (exact) mass is 406 g/mol. The molecule has 0 saturated carbocycles. The van der Waals surface area contributed by atoms with Crippen molar-refractivity contribution in [2.24, 2.45) is 0 Å². The van der Waals surface area contributed by atoms with Crippen molar-refractivity contribution in [1.29, 1.82) is 0 Å². The van der Waals surface area contributed by atoms with Crippen molar-refractivity contribution >= 4 is 28.4 Å². The van der Waals surface area contributed by atoms with Crippen LogP contribution in [0, 0.1) is 0 Å². The molecule has 2 aromatic carbocycles. The predicted octanol–water partition coefficient (Wildman–Crippen LogP) is 3.12. The summed E-state index contributed by atoms with van der Waals surface area (Å²) in [7, 11) is 3.96. The van der Waals surface area contributed by atoms with E-state index in [1.807, 2.05) is 54.8 Å². The summed E-state index contributed by atoms with van der Waals surface area (Å²) in [6.07, 6.45) is 0.832. The summed E-state index contributed by atoms with van der Waals surface area (Å²) in [5.74, 6) is 1.37. The average Bonchev–Trinajstić information content (AvgIpc) is 3.06. The zero-order valence-electron chi connectivity index (χ0n) is 17.6. The number of para-hydroxylation sites is 2. The number of nitrogens with zero attached hydrogens (tertiary/aromatic N) is 4. The summed E-state index contributed by atoms with van der Waals surface area (Å²) in [6.45, 7) is 3.48. The van der Waals surface area contributed by atoms with Gasteiger partial charge in [-0.3, -0.25) is 9.59 Å². The molecule has 0 unspecified atom stereocenters. The smallest absolute Gasteiger partial charge is 0.265 e. The predicted molar refractivity (Wildman–Crippen MR) is 116 cm³/mol. The lowest BCUT2D eigenvalue weighted by Gasteiger charge is -2.29. The molecule has 0 saturated heterocycles. The number of Topliss-reactive ketones (excluding diaryl/α,β-unsaturated/α-hetero) is 1. The Morgan fingerprint density at radius 3 is 2.77 bits per heavy atom. The number of anilines is 1. The second-order valence-electron chi connectivity index (χ2n) is 7.78. The number of rotatable bonds is 7. The van der Waals surface area contributed by atoms with Crippen LogP contribution in [-0.4, -0.2) is 53.4 Å². The van der Waals surface area contributed by atoms with Gasteiger partial charge in [-0.1, -0.05) is 19.1 Å². The molecule has 1 amide bonds. The van der Waals surface area contributed by atoms with Crippen LogP contribution in [-0.2, 0) is 17.9 Å². The summed E-state index contributed by atoms with van der Waals surface area (Å²) in [6, 6.07) is 13.2. The molecule has 2 heterocycles. The minimum atomic E-state index is -0.0807. The third-order valence-electron chi connectivity index (χ3n) is 5.16. The SMILES string of the molecule is CCCN1C(=O)COc2ccc(C(=O)Cn3c(CN(C)C)nc4ccccc43)cc21. The Morgan fingerprint density at radius 2 is 2.00 bits per heavy atom. The van der Waals surface area contributed by atoms with E-state index >= 15 is 0 Å². The second-order valence-corrected chi connectivity index (χ2v) is 7.78. The molecule has 4 rings (SSSR count). The Morgan fingerprint density at radius 1 is 1.20 bits per heavy atom. The maximum absolute atomic E-state index is 13.2. The summed E-state index contributed by atoms with van der Waals surface area (Å²) in [4.78, 5) is 34.0. The van der Waals surface area contributed by atoms with Crippen molar-refractivity contribution in [3.05, 3.63) is 53.9 Å². The van der Waals surface area contributed by atoms with Crippen molar-refractivity contribution in [2.75, 3.05) is 32.1 Å². The van der Waals surface area contributed by atoms with Gasteiger partial charge in [0, 0.05) is 12.1 Å². The van der Waals surface area contributed by atoms with Crippen LogP contribution in [0.3, 0.4) is 0 Å². The number of benzene rings is 2. The van der Waals surface area contributed by atoms with E-state index in [2.05, 4.69) is 0 Å². The Hall–Kier alpha value is -3.19. The first-order chi connectivity index (χ1) is 14.5. The molecule has 0 radical (unpaired) electrons. The third kappa shape index (κ3) is 3.80. The highest BCUT2D eigenvalue weighted by molar-refractivity contribution is 6.02. The maximum atomic E-state index is 13.2. The first kappa shape index (κ1) is 20.1. The lowest BCUT2D eigenvalue weighted by Crippen LogP contribution is -2.39. The van der Waals surface area contributed by atoms with Crippen LogP contribution in [0.4, 0.5) is 5.69 Å². The zero-order chi connectivity index (χ0) is 21.3. The molecule has 1 aliphatic heterocycles. The van der Waals surface area contributed by atoms with E-state index in [-0.39, 0.29) is 24.8 Å². The number of fused-ring (bicyclic) bond motifs is 2. The molecule has 0 bridgehead atoms. The number of aromatic nitrogens is 2. The second kappa shape index (κ2) is 8.28.